The van der Waals surface area contributed by atoms with Crippen molar-refractivity contribution in [1.82, 2.24) is 0 Å². The Labute approximate surface area is 95.9 Å². The number of hydrogen-bond donors (Lipinski definition) is 0. The SMILES string of the molecule is Cc1ccc(C)c(CCC(C)CBr)c1. The molecule has 0 spiro atoms. The summed E-state index contributed by atoms with van der Waals surface area (Å²) in [5, 5.41) is 1.11. The molecule has 14 heavy (non-hydrogen) atoms. The second kappa shape index (κ2) is 5.55. The first-order chi connectivity index (χ1) is 6.63. The van der Waals surface area contributed by atoms with E-state index >= 15 is 0 Å². The van der Waals surface area contributed by atoms with Crippen LogP contribution in [0.25, 0.3) is 0 Å². The van der Waals surface area contributed by atoms with E-state index in [9.17, 15) is 0 Å². The minimum Gasteiger partial charge on any atom is -0.0925 e. The molecule has 1 unspecified atom stereocenters. The summed E-state index contributed by atoms with van der Waals surface area (Å²) in [6.45, 7) is 6.66. The van der Waals surface area contributed by atoms with E-state index in [1.807, 2.05) is 0 Å². The van der Waals surface area contributed by atoms with Gasteiger partial charge in [0.1, 0.15) is 0 Å². The van der Waals surface area contributed by atoms with Gasteiger partial charge in [-0.05, 0) is 43.7 Å². The van der Waals surface area contributed by atoms with Crippen LogP contribution in [0, 0.1) is 19.8 Å². The van der Waals surface area contributed by atoms with Crippen molar-refractivity contribution in [3.8, 4) is 0 Å². The average Bonchev–Trinajstić information content (AvgIpc) is 2.19. The molecule has 0 saturated carbocycles. The zero-order valence-corrected chi connectivity index (χ0v) is 10.9. The van der Waals surface area contributed by atoms with Gasteiger partial charge in [-0.2, -0.15) is 0 Å². The molecule has 0 radical (unpaired) electrons. The Morgan fingerprint density at radius 1 is 1.29 bits per heavy atom. The highest BCUT2D eigenvalue weighted by atomic mass is 79.9. The summed E-state index contributed by atoms with van der Waals surface area (Å²) in [7, 11) is 0. The lowest BCUT2D eigenvalue weighted by molar-refractivity contribution is 0.598. The summed E-state index contributed by atoms with van der Waals surface area (Å²) < 4.78 is 0. The van der Waals surface area contributed by atoms with Crippen LogP contribution >= 0.6 is 15.9 Å². The quantitative estimate of drug-likeness (QED) is 0.705. The molecule has 0 heterocycles. The largest absolute Gasteiger partial charge is 0.0925 e. The topological polar surface area (TPSA) is 0 Å². The van der Waals surface area contributed by atoms with Gasteiger partial charge in [0.25, 0.3) is 0 Å². The third-order valence-electron chi connectivity index (χ3n) is 2.67. The van der Waals surface area contributed by atoms with Crippen molar-refractivity contribution in [1.29, 1.82) is 0 Å². The molecule has 0 amide bonds. The zero-order chi connectivity index (χ0) is 10.6. The van der Waals surface area contributed by atoms with E-state index in [0.29, 0.717) is 0 Å². The molecule has 78 valence electrons. The highest BCUT2D eigenvalue weighted by Crippen LogP contribution is 2.16. The maximum Gasteiger partial charge on any atom is 0.00571 e. The van der Waals surface area contributed by atoms with E-state index < -0.39 is 0 Å². The number of hydrogen-bond acceptors (Lipinski definition) is 0. The van der Waals surface area contributed by atoms with Crippen molar-refractivity contribution >= 4 is 15.9 Å². The van der Waals surface area contributed by atoms with Crippen LogP contribution in [-0.2, 0) is 6.42 Å². The lowest BCUT2D eigenvalue weighted by Gasteiger charge is -2.10. The summed E-state index contributed by atoms with van der Waals surface area (Å²) in [6.07, 6.45) is 2.48. The number of benzene rings is 1. The minimum atomic E-state index is 0.773. The Morgan fingerprint density at radius 3 is 2.64 bits per heavy atom. The summed E-state index contributed by atoms with van der Waals surface area (Å²) in [4.78, 5) is 0. The molecule has 1 heteroatoms. The molecular formula is C13H19Br. The molecular weight excluding hydrogens is 236 g/mol. The van der Waals surface area contributed by atoms with Crippen LogP contribution in [0.4, 0.5) is 0 Å². The van der Waals surface area contributed by atoms with Gasteiger partial charge < -0.3 is 0 Å². The van der Waals surface area contributed by atoms with E-state index in [2.05, 4.69) is 54.9 Å². The minimum absolute atomic E-state index is 0.773. The highest BCUT2D eigenvalue weighted by molar-refractivity contribution is 9.09. The first kappa shape index (κ1) is 11.8. The molecule has 1 aromatic rings. The molecule has 1 rings (SSSR count). The molecule has 1 aromatic carbocycles. The zero-order valence-electron chi connectivity index (χ0n) is 9.31. The van der Waals surface area contributed by atoms with E-state index in [0.717, 1.165) is 11.2 Å². The van der Waals surface area contributed by atoms with Crippen molar-refractivity contribution in [2.24, 2.45) is 5.92 Å². The van der Waals surface area contributed by atoms with E-state index in [-0.39, 0.29) is 0 Å². The van der Waals surface area contributed by atoms with Crippen molar-refractivity contribution in [3.63, 3.8) is 0 Å². The van der Waals surface area contributed by atoms with Gasteiger partial charge in [0.15, 0.2) is 0 Å². The Hall–Kier alpha value is -0.300. The lowest BCUT2D eigenvalue weighted by Crippen LogP contribution is -1.99. The summed E-state index contributed by atoms with van der Waals surface area (Å²) in [5.74, 6) is 0.773. The molecule has 0 aromatic heterocycles. The fourth-order valence-electron chi connectivity index (χ4n) is 1.55. The van der Waals surface area contributed by atoms with Crippen LogP contribution < -0.4 is 0 Å². The van der Waals surface area contributed by atoms with Gasteiger partial charge >= 0.3 is 0 Å². The predicted octanol–water partition coefficient (Wildman–Crippen LogP) is 4.27. The summed E-state index contributed by atoms with van der Waals surface area (Å²) >= 11 is 3.52. The van der Waals surface area contributed by atoms with Crippen LogP contribution in [0.3, 0.4) is 0 Å². The van der Waals surface area contributed by atoms with E-state index in [4.69, 9.17) is 0 Å². The predicted molar refractivity (Wildman–Crippen MR) is 67.2 cm³/mol. The average molecular weight is 255 g/mol. The van der Waals surface area contributed by atoms with Crippen molar-refractivity contribution in [2.45, 2.75) is 33.6 Å². The van der Waals surface area contributed by atoms with Crippen molar-refractivity contribution in [2.75, 3.05) is 5.33 Å². The molecule has 1 atom stereocenters. The highest BCUT2D eigenvalue weighted by Gasteiger charge is 2.03. The van der Waals surface area contributed by atoms with Gasteiger partial charge in [0.05, 0.1) is 0 Å². The lowest BCUT2D eigenvalue weighted by atomic mass is 9.98. The standard InChI is InChI=1S/C13H19Br/c1-10-4-6-12(3)13(8-10)7-5-11(2)9-14/h4,6,8,11H,5,7,9H2,1-3H3. The van der Waals surface area contributed by atoms with Gasteiger partial charge in [-0.25, -0.2) is 0 Å². The monoisotopic (exact) mass is 254 g/mol. The molecule has 0 fully saturated rings. The first-order valence-corrected chi connectivity index (χ1v) is 6.37. The maximum absolute atomic E-state index is 3.52. The Bertz CT molecular complexity index is 291. The first-order valence-electron chi connectivity index (χ1n) is 5.25. The molecule has 0 bridgehead atoms. The number of alkyl halides is 1. The molecule has 0 aliphatic carbocycles. The van der Waals surface area contributed by atoms with Crippen LogP contribution in [-0.4, -0.2) is 5.33 Å². The van der Waals surface area contributed by atoms with Crippen molar-refractivity contribution < 1.29 is 0 Å². The van der Waals surface area contributed by atoms with E-state index in [1.54, 1.807) is 0 Å². The molecule has 0 nitrogen and oxygen atoms in total. The fourth-order valence-corrected chi connectivity index (χ4v) is 1.87. The van der Waals surface area contributed by atoms with Crippen molar-refractivity contribution in [3.05, 3.63) is 34.9 Å². The summed E-state index contributed by atoms with van der Waals surface area (Å²) in [5.41, 5.74) is 4.31. The number of halogens is 1. The van der Waals surface area contributed by atoms with E-state index in [1.165, 1.54) is 29.5 Å². The molecule has 0 aliphatic rings. The Morgan fingerprint density at radius 2 is 2.00 bits per heavy atom. The van der Waals surface area contributed by atoms with Gasteiger partial charge in [0.2, 0.25) is 0 Å². The van der Waals surface area contributed by atoms with Crippen LogP contribution in [0.1, 0.15) is 30.0 Å². The van der Waals surface area contributed by atoms with Crippen LogP contribution in [0.5, 0.6) is 0 Å². The van der Waals surface area contributed by atoms with Gasteiger partial charge in [0, 0.05) is 5.33 Å². The second-order valence-corrected chi connectivity index (χ2v) is 4.88. The third kappa shape index (κ3) is 3.45. The molecule has 0 N–H and O–H groups in total. The van der Waals surface area contributed by atoms with Gasteiger partial charge in [-0.15, -0.1) is 0 Å². The number of aryl methyl sites for hydroxylation is 3. The molecule has 0 saturated heterocycles. The Kier molecular flexibility index (Phi) is 4.67. The fraction of sp³-hybridized carbons (Fsp3) is 0.538. The smallest absolute Gasteiger partial charge is 0.00571 e. The third-order valence-corrected chi connectivity index (χ3v) is 3.78. The maximum atomic E-state index is 3.52. The normalized spacial score (nSPS) is 12.9. The van der Waals surface area contributed by atoms with Crippen LogP contribution in [0.15, 0.2) is 18.2 Å². The van der Waals surface area contributed by atoms with Gasteiger partial charge in [-0.3, -0.25) is 0 Å². The van der Waals surface area contributed by atoms with Gasteiger partial charge in [-0.1, -0.05) is 46.6 Å². The van der Waals surface area contributed by atoms with Crippen LogP contribution in [0.2, 0.25) is 0 Å². The molecule has 0 aliphatic heterocycles. The second-order valence-electron chi connectivity index (χ2n) is 4.23. The summed E-state index contributed by atoms with van der Waals surface area (Å²) in [6, 6.07) is 6.73. The number of rotatable bonds is 4. The Balaban J connectivity index is 2.62.